The lowest BCUT2D eigenvalue weighted by Crippen LogP contribution is -1.94. The van der Waals surface area contributed by atoms with Gasteiger partial charge < -0.3 is 4.74 Å². The Morgan fingerprint density at radius 2 is 1.82 bits per heavy atom. The van der Waals surface area contributed by atoms with E-state index in [-0.39, 0.29) is 0 Å². The molecule has 0 spiro atoms. The minimum Gasteiger partial charge on any atom is -0.377 e. The van der Waals surface area contributed by atoms with Gasteiger partial charge in [0, 0.05) is 13.0 Å². The van der Waals surface area contributed by atoms with Gasteiger partial charge >= 0.3 is 0 Å². The fourth-order valence-corrected chi connectivity index (χ4v) is 1.83. The molecule has 0 saturated heterocycles. The molecule has 2 heteroatoms. The lowest BCUT2D eigenvalue weighted by Gasteiger charge is -2.14. The first-order chi connectivity index (χ1) is 8.08. The van der Waals surface area contributed by atoms with E-state index in [2.05, 4.69) is 42.1 Å². The third-order valence-electron chi connectivity index (χ3n) is 2.08. The summed E-state index contributed by atoms with van der Waals surface area (Å²) in [5.41, 5.74) is 1.23. The van der Waals surface area contributed by atoms with Crippen LogP contribution in [-0.4, -0.2) is 25.4 Å². The van der Waals surface area contributed by atoms with Gasteiger partial charge in [-0.1, -0.05) is 41.5 Å². The van der Waals surface area contributed by atoms with Crippen LogP contribution < -0.4 is 0 Å². The molecule has 0 aromatic heterocycles. The highest BCUT2D eigenvalue weighted by Gasteiger charge is 1.95. The van der Waals surface area contributed by atoms with E-state index >= 15 is 0 Å². The summed E-state index contributed by atoms with van der Waals surface area (Å²) < 4.78 is 5.59. The van der Waals surface area contributed by atoms with Crippen molar-refractivity contribution < 1.29 is 4.74 Å². The van der Waals surface area contributed by atoms with Crippen molar-refractivity contribution in [3.05, 3.63) is 35.9 Å². The molecule has 1 aromatic rings. The van der Waals surface area contributed by atoms with Gasteiger partial charge in [-0.3, -0.25) is 0 Å². The zero-order chi connectivity index (χ0) is 12.6. The van der Waals surface area contributed by atoms with Crippen LogP contribution in [0.5, 0.6) is 0 Å². The highest BCUT2D eigenvalue weighted by molar-refractivity contribution is 8.35. The monoisotopic (exact) mass is 250 g/mol. The van der Waals surface area contributed by atoms with Crippen molar-refractivity contribution in [3.8, 4) is 11.2 Å². The molecule has 0 N–H and O–H groups in total. The number of hydrogen-bond donors (Lipinski definition) is 0. The van der Waals surface area contributed by atoms with Gasteiger partial charge in [0.2, 0.25) is 0 Å². The predicted molar refractivity (Wildman–Crippen MR) is 78.5 cm³/mol. The molecule has 0 saturated carbocycles. The first kappa shape index (κ1) is 14.2. The van der Waals surface area contributed by atoms with Gasteiger partial charge in [-0.15, -0.1) is 0 Å². The summed E-state index contributed by atoms with van der Waals surface area (Å²) in [6.07, 6.45) is 8.61. The maximum absolute atomic E-state index is 5.59. The fraction of sp³-hybridized carbons (Fsp3) is 0.467. The lowest BCUT2D eigenvalue weighted by molar-refractivity contribution is 0.119. The normalized spacial score (nSPS) is 11.7. The molecule has 1 aromatic carbocycles. The minimum atomic E-state index is -0.662. The molecule has 1 nitrogen and oxygen atoms in total. The number of rotatable bonds is 5. The second-order valence-electron chi connectivity index (χ2n) is 4.76. The molecule has 0 fully saturated rings. The molecule has 94 valence electrons. The highest BCUT2D eigenvalue weighted by atomic mass is 32.3. The topological polar surface area (TPSA) is 9.23 Å². The van der Waals surface area contributed by atoms with E-state index in [0.717, 1.165) is 19.4 Å². The van der Waals surface area contributed by atoms with Gasteiger partial charge in [-0.05, 0) is 30.8 Å². The summed E-state index contributed by atoms with van der Waals surface area (Å²) in [5.74, 6) is 3.23. The zero-order valence-corrected chi connectivity index (χ0v) is 11.8. The van der Waals surface area contributed by atoms with Crippen LogP contribution in [0.25, 0.3) is 0 Å². The zero-order valence-electron chi connectivity index (χ0n) is 11.0. The van der Waals surface area contributed by atoms with Crippen LogP contribution in [0, 0.1) is 11.2 Å². The van der Waals surface area contributed by atoms with Crippen LogP contribution in [0.1, 0.15) is 18.4 Å². The Morgan fingerprint density at radius 1 is 1.12 bits per heavy atom. The van der Waals surface area contributed by atoms with E-state index in [0.29, 0.717) is 6.61 Å². The van der Waals surface area contributed by atoms with Crippen molar-refractivity contribution in [1.29, 1.82) is 0 Å². The molecule has 0 unspecified atom stereocenters. The molecule has 0 aliphatic carbocycles. The van der Waals surface area contributed by atoms with E-state index in [1.54, 1.807) is 0 Å². The molecule has 0 aliphatic heterocycles. The Labute approximate surface area is 107 Å². The van der Waals surface area contributed by atoms with Crippen LogP contribution in [0.3, 0.4) is 0 Å². The summed E-state index contributed by atoms with van der Waals surface area (Å²) in [6.45, 7) is 1.50. The first-order valence-electron chi connectivity index (χ1n) is 5.87. The van der Waals surface area contributed by atoms with Crippen molar-refractivity contribution >= 4 is 10.0 Å². The van der Waals surface area contributed by atoms with E-state index in [9.17, 15) is 0 Å². The number of benzene rings is 1. The third-order valence-corrected chi connectivity index (χ3v) is 2.84. The average molecular weight is 250 g/mol. The fourth-order valence-electron chi connectivity index (χ4n) is 1.29. The summed E-state index contributed by atoms with van der Waals surface area (Å²) in [6, 6.07) is 10.3. The average Bonchev–Trinajstić information content (AvgIpc) is 2.28. The SMILES string of the molecule is CS(C)(C)C#CCCCOCc1ccccc1. The van der Waals surface area contributed by atoms with Gasteiger partial charge in [-0.25, -0.2) is 0 Å². The molecule has 0 amide bonds. The van der Waals surface area contributed by atoms with Gasteiger partial charge in [0.25, 0.3) is 0 Å². The van der Waals surface area contributed by atoms with Crippen LogP contribution in [0.15, 0.2) is 30.3 Å². The molecule has 0 heterocycles. The van der Waals surface area contributed by atoms with Crippen molar-refractivity contribution in [2.75, 3.05) is 25.4 Å². The van der Waals surface area contributed by atoms with Gasteiger partial charge in [0.05, 0.1) is 6.61 Å². The molecule has 0 atom stereocenters. The summed E-state index contributed by atoms with van der Waals surface area (Å²) in [4.78, 5) is 0. The standard InChI is InChI=1S/C15H22OS/c1-17(2,3)13-9-5-8-12-16-14-15-10-6-4-7-11-15/h4,6-7,10-11H,5,8,12,14H2,1-3H3. The maximum atomic E-state index is 5.59. The third kappa shape index (κ3) is 7.90. The van der Waals surface area contributed by atoms with E-state index in [4.69, 9.17) is 4.74 Å². The quantitative estimate of drug-likeness (QED) is 0.572. The first-order valence-corrected chi connectivity index (χ1v) is 8.73. The Balaban J connectivity index is 2.07. The molecule has 17 heavy (non-hydrogen) atoms. The highest BCUT2D eigenvalue weighted by Crippen LogP contribution is 2.32. The predicted octanol–water partition coefficient (Wildman–Crippen LogP) is 3.64. The molecule has 0 aliphatic rings. The molecular formula is C15H22OS. The van der Waals surface area contributed by atoms with Crippen molar-refractivity contribution in [1.82, 2.24) is 0 Å². The van der Waals surface area contributed by atoms with E-state index in [1.165, 1.54) is 5.56 Å². The lowest BCUT2D eigenvalue weighted by atomic mass is 10.2. The van der Waals surface area contributed by atoms with Gasteiger partial charge in [0.1, 0.15) is 0 Å². The maximum Gasteiger partial charge on any atom is 0.0716 e. The van der Waals surface area contributed by atoms with Crippen LogP contribution in [-0.2, 0) is 11.3 Å². The number of hydrogen-bond acceptors (Lipinski definition) is 1. The number of ether oxygens (including phenoxy) is 1. The van der Waals surface area contributed by atoms with Crippen molar-refractivity contribution in [2.24, 2.45) is 0 Å². The van der Waals surface area contributed by atoms with Crippen LogP contribution in [0.4, 0.5) is 0 Å². The smallest absolute Gasteiger partial charge is 0.0716 e. The van der Waals surface area contributed by atoms with Crippen LogP contribution in [0.2, 0.25) is 0 Å². The second kappa shape index (κ2) is 7.42. The summed E-state index contributed by atoms with van der Waals surface area (Å²) >= 11 is 0. The number of unbranched alkanes of at least 4 members (excludes halogenated alkanes) is 1. The summed E-state index contributed by atoms with van der Waals surface area (Å²) in [7, 11) is -0.662. The molecule has 0 bridgehead atoms. The molecule has 0 radical (unpaired) electrons. The van der Waals surface area contributed by atoms with Gasteiger partial charge in [0.15, 0.2) is 0 Å². The van der Waals surface area contributed by atoms with E-state index in [1.807, 2.05) is 18.2 Å². The molecule has 1 rings (SSSR count). The van der Waals surface area contributed by atoms with Crippen molar-refractivity contribution in [2.45, 2.75) is 19.4 Å². The van der Waals surface area contributed by atoms with Gasteiger partial charge in [-0.2, -0.15) is 10.0 Å². The second-order valence-corrected chi connectivity index (χ2v) is 8.64. The largest absolute Gasteiger partial charge is 0.377 e. The summed E-state index contributed by atoms with van der Waals surface area (Å²) in [5, 5.41) is 3.31. The molecular weight excluding hydrogens is 228 g/mol. The van der Waals surface area contributed by atoms with E-state index < -0.39 is 10.0 Å². The Kier molecular flexibility index (Phi) is 6.18. The van der Waals surface area contributed by atoms with Crippen LogP contribution >= 0.6 is 10.0 Å². The Bertz CT molecular complexity index is 367. The minimum absolute atomic E-state index is 0.662. The van der Waals surface area contributed by atoms with Crippen molar-refractivity contribution in [3.63, 3.8) is 0 Å². The Hall–Kier alpha value is -0.910. The Morgan fingerprint density at radius 3 is 2.47 bits per heavy atom.